The van der Waals surface area contributed by atoms with Crippen LogP contribution in [0.15, 0.2) is 59.7 Å². The van der Waals surface area contributed by atoms with E-state index in [1.54, 1.807) is 4.70 Å². The second-order valence-electron chi connectivity index (χ2n) is 19.9. The SMILES string of the molecule is CCCCCCCCCCCCCCCCCCCCCCCCCCCCCCC1=C(c2ccc(CCCC)cc2)[N+](=[N-])C(c2cccc(CCCC)c2)=C1CCCCC.C[CH2][Ni][CH2]C. The Morgan fingerprint density at radius 3 is 1.05 bits per heavy atom. The van der Waals surface area contributed by atoms with Crippen molar-refractivity contribution in [2.24, 2.45) is 0 Å². The molecule has 0 amide bonds. The minimum absolute atomic E-state index is 1.03. The van der Waals surface area contributed by atoms with Crippen LogP contribution in [0.5, 0.6) is 0 Å². The molecule has 0 aliphatic carbocycles. The summed E-state index contributed by atoms with van der Waals surface area (Å²) in [5, 5.41) is 2.56. The van der Waals surface area contributed by atoms with E-state index in [1.165, 1.54) is 263 Å². The van der Waals surface area contributed by atoms with Gasteiger partial charge in [0.1, 0.15) is 0 Å². The average Bonchev–Trinajstić information content (AvgIpc) is 3.61. The molecule has 0 N–H and O–H groups in total. The van der Waals surface area contributed by atoms with E-state index in [4.69, 9.17) is 0 Å². The van der Waals surface area contributed by atoms with Crippen LogP contribution in [-0.4, -0.2) is 4.70 Å². The first-order valence-corrected chi connectivity index (χ1v) is 30.5. The third-order valence-corrected chi connectivity index (χ3v) is 15.0. The van der Waals surface area contributed by atoms with E-state index in [0.717, 1.165) is 42.6 Å². The Labute approximate surface area is 418 Å². The van der Waals surface area contributed by atoms with Crippen LogP contribution in [0.4, 0.5) is 0 Å². The molecule has 0 unspecified atom stereocenters. The first-order valence-electron chi connectivity index (χ1n) is 29.1. The maximum absolute atomic E-state index is 12.2. The second kappa shape index (κ2) is 43.1. The molecule has 3 rings (SSSR count). The molecule has 3 heteroatoms. The summed E-state index contributed by atoms with van der Waals surface area (Å²) in [6, 6.07) is 18.2. The molecule has 0 spiro atoms. The number of aryl methyl sites for hydroxylation is 2. The molecule has 2 aromatic rings. The van der Waals surface area contributed by atoms with E-state index < -0.39 is 0 Å². The fraction of sp³-hybridized carbons (Fsp3) is 0.746. The van der Waals surface area contributed by atoms with Crippen LogP contribution in [0.2, 0.25) is 10.8 Å². The molecule has 380 valence electrons. The Morgan fingerprint density at radius 1 is 0.333 bits per heavy atom. The molecule has 2 nitrogen and oxygen atoms in total. The Bertz CT molecular complexity index is 1500. The van der Waals surface area contributed by atoms with E-state index in [-0.39, 0.29) is 0 Å². The van der Waals surface area contributed by atoms with Crippen LogP contribution in [0.3, 0.4) is 0 Å². The van der Waals surface area contributed by atoms with Crippen LogP contribution in [0.1, 0.15) is 301 Å². The summed E-state index contributed by atoms with van der Waals surface area (Å²) in [6.45, 7) is 13.5. The van der Waals surface area contributed by atoms with Crippen molar-refractivity contribution in [3.63, 3.8) is 0 Å². The van der Waals surface area contributed by atoms with Gasteiger partial charge in [0.25, 0.3) is 0 Å². The van der Waals surface area contributed by atoms with Crippen LogP contribution < -0.4 is 0 Å². The van der Waals surface area contributed by atoms with Gasteiger partial charge in [0.05, 0.1) is 0 Å². The van der Waals surface area contributed by atoms with Crippen molar-refractivity contribution < 1.29 is 19.1 Å². The molecule has 66 heavy (non-hydrogen) atoms. The fourth-order valence-corrected chi connectivity index (χ4v) is 10.4. The third kappa shape index (κ3) is 27.9. The number of hydrogen-bond acceptors (Lipinski definition) is 0. The molecule has 0 bridgehead atoms. The molecule has 2 aromatic carbocycles. The van der Waals surface area contributed by atoms with Gasteiger partial charge in [0.15, 0.2) is 0 Å². The predicted molar refractivity (Wildman–Crippen MR) is 292 cm³/mol. The molecule has 0 atom stereocenters. The van der Waals surface area contributed by atoms with Crippen LogP contribution >= 0.6 is 0 Å². The monoisotopic (exact) mass is 951 g/mol. The van der Waals surface area contributed by atoms with Crippen molar-refractivity contribution in [3.05, 3.63) is 87.5 Å². The summed E-state index contributed by atoms with van der Waals surface area (Å²) in [7, 11) is 0. The van der Waals surface area contributed by atoms with Gasteiger partial charge in [-0.2, -0.15) is 0 Å². The number of rotatable bonds is 43. The second-order valence-corrected chi connectivity index (χ2v) is 21.8. The number of nitrogens with zero attached hydrogens (tertiary/aromatic N) is 2. The molecule has 1 aliphatic heterocycles. The van der Waals surface area contributed by atoms with E-state index >= 15 is 0 Å². The molecule has 0 aromatic heterocycles. The van der Waals surface area contributed by atoms with Crippen molar-refractivity contribution in [3.8, 4) is 0 Å². The number of hydrogen-bond donors (Lipinski definition) is 0. The standard InChI is InChI=1S/C59H98N2.2C2H5.Ni/c1-5-9-13-14-15-16-17-18-19-20-21-22-23-24-25-26-27-28-29-30-31-32-33-34-35-36-37-39-46-56-57(45-38-10-6-2)59(55-44-40-43-53(51-55)42-12-8-4)61(60)58(56)54-49-47-52(48-50-54)41-11-7-3;2*1-2;/h40,43-44,47-51H,5-39,41-42,45-46H2,1-4H3;2*1H2,2H3;. The summed E-state index contributed by atoms with van der Waals surface area (Å²) in [5.74, 6) is 0. The summed E-state index contributed by atoms with van der Waals surface area (Å²) in [6.07, 6.45) is 52.8. The van der Waals surface area contributed by atoms with Gasteiger partial charge in [-0.25, -0.2) is 4.70 Å². The zero-order valence-corrected chi connectivity index (χ0v) is 45.8. The number of unbranched alkanes of at least 4 members (excludes halogenated alkanes) is 31. The van der Waals surface area contributed by atoms with Crippen LogP contribution in [0, 0.1) is 0 Å². The molecule has 1 aliphatic rings. The van der Waals surface area contributed by atoms with Crippen molar-refractivity contribution in [1.82, 2.24) is 0 Å². The summed E-state index contributed by atoms with van der Waals surface area (Å²) in [4.78, 5) is 0. The topological polar surface area (TPSA) is 25.3 Å². The Hall–Kier alpha value is -1.99. The first-order chi connectivity index (χ1) is 32.6. The van der Waals surface area contributed by atoms with Crippen molar-refractivity contribution in [2.45, 2.75) is 303 Å². The van der Waals surface area contributed by atoms with Crippen molar-refractivity contribution >= 4 is 11.4 Å². The maximum atomic E-state index is 12.2. The third-order valence-electron chi connectivity index (χ3n) is 14.1. The van der Waals surface area contributed by atoms with E-state index in [0.29, 0.717) is 0 Å². The summed E-state index contributed by atoms with van der Waals surface area (Å²) in [5.41, 5.74) is 22.1. The van der Waals surface area contributed by atoms with Gasteiger partial charge in [-0.15, -0.1) is 0 Å². The van der Waals surface area contributed by atoms with E-state index in [9.17, 15) is 5.53 Å². The molecular formula is C63H108N2Ni. The van der Waals surface area contributed by atoms with E-state index in [1.807, 2.05) is 14.4 Å². The van der Waals surface area contributed by atoms with E-state index in [2.05, 4.69) is 90.1 Å². The zero-order valence-electron chi connectivity index (χ0n) is 44.8. The zero-order chi connectivity index (χ0) is 47.6. The van der Waals surface area contributed by atoms with Gasteiger partial charge in [-0.05, 0) is 86.8 Å². The Balaban J connectivity index is 0.00000283. The first kappa shape index (κ1) is 60.1. The van der Waals surface area contributed by atoms with Crippen LogP contribution in [-0.2, 0) is 27.3 Å². The van der Waals surface area contributed by atoms with Gasteiger partial charge < -0.3 is 5.53 Å². The average molecular weight is 952 g/mol. The Kier molecular flexibility index (Phi) is 39.2. The molecule has 1 heterocycles. The predicted octanol–water partition coefficient (Wildman–Crippen LogP) is 22.4. The quantitative estimate of drug-likeness (QED) is 0.0360. The van der Waals surface area contributed by atoms with Crippen molar-refractivity contribution in [2.75, 3.05) is 0 Å². The molecule has 0 saturated carbocycles. The fourth-order valence-electron chi connectivity index (χ4n) is 9.93. The van der Waals surface area contributed by atoms with Gasteiger partial charge in [0, 0.05) is 22.3 Å². The summed E-state index contributed by atoms with van der Waals surface area (Å²) >= 11 is 1.82. The van der Waals surface area contributed by atoms with Gasteiger partial charge >= 0.3 is 39.1 Å². The van der Waals surface area contributed by atoms with Crippen LogP contribution in [0.25, 0.3) is 16.9 Å². The molecule has 0 saturated heterocycles. The van der Waals surface area contributed by atoms with Gasteiger partial charge in [0.2, 0.25) is 11.4 Å². The molecule has 0 fully saturated rings. The molecule has 0 radical (unpaired) electrons. The number of allylic oxidation sites excluding steroid dienone is 2. The van der Waals surface area contributed by atoms with Gasteiger partial charge in [-0.3, -0.25) is 0 Å². The summed E-state index contributed by atoms with van der Waals surface area (Å²) < 4.78 is 1.60. The van der Waals surface area contributed by atoms with Crippen molar-refractivity contribution in [1.29, 1.82) is 0 Å². The molecular weight excluding hydrogens is 843 g/mol. The minimum atomic E-state index is 1.03. The Morgan fingerprint density at radius 2 is 0.667 bits per heavy atom. The number of benzene rings is 2. The normalized spacial score (nSPS) is 12.8. The van der Waals surface area contributed by atoms with Gasteiger partial charge in [-0.1, -0.05) is 251 Å².